The largest absolute Gasteiger partial charge is 0.383 e. The Kier molecular flexibility index (Phi) is 4.46. The van der Waals surface area contributed by atoms with E-state index in [-0.39, 0.29) is 17.4 Å². The molecular formula is C13H19N5O2S. The fourth-order valence-corrected chi connectivity index (χ4v) is 2.55. The molecule has 3 N–H and O–H groups in total. The average Bonchev–Trinajstić information content (AvgIpc) is 2.94. The normalized spacial score (nSPS) is 11.0. The van der Waals surface area contributed by atoms with Crippen molar-refractivity contribution < 1.29 is 0 Å². The van der Waals surface area contributed by atoms with Gasteiger partial charge >= 0.3 is 5.69 Å². The van der Waals surface area contributed by atoms with E-state index in [1.165, 1.54) is 23.0 Å². The highest BCUT2D eigenvalue weighted by Crippen LogP contribution is 2.14. The van der Waals surface area contributed by atoms with Crippen LogP contribution >= 0.6 is 11.3 Å². The highest BCUT2D eigenvalue weighted by Gasteiger charge is 2.16. The summed E-state index contributed by atoms with van der Waals surface area (Å²) in [5.74, 6) is 0.419. The maximum Gasteiger partial charge on any atom is 0.332 e. The number of nitrogens with two attached hydrogens (primary N) is 1. The number of nitrogens with zero attached hydrogens (tertiary/aromatic N) is 3. The van der Waals surface area contributed by atoms with Crippen LogP contribution < -0.4 is 22.3 Å². The summed E-state index contributed by atoms with van der Waals surface area (Å²) in [6, 6.07) is 0. The average molecular weight is 309 g/mol. The second kappa shape index (κ2) is 6.13. The first-order valence-electron chi connectivity index (χ1n) is 6.63. The van der Waals surface area contributed by atoms with Gasteiger partial charge in [0.1, 0.15) is 16.5 Å². The summed E-state index contributed by atoms with van der Waals surface area (Å²) >= 11 is 1.48. The summed E-state index contributed by atoms with van der Waals surface area (Å²) in [5, 5.41) is 5.70. The molecule has 0 aliphatic rings. The number of thiazole rings is 1. The van der Waals surface area contributed by atoms with Crippen molar-refractivity contribution in [1.82, 2.24) is 14.1 Å². The van der Waals surface area contributed by atoms with Crippen molar-refractivity contribution in [2.24, 2.45) is 13.0 Å². The Balaban J connectivity index is 2.42. The molecule has 0 spiro atoms. The lowest BCUT2D eigenvalue weighted by Gasteiger charge is -2.17. The highest BCUT2D eigenvalue weighted by molar-refractivity contribution is 7.09. The zero-order valence-electron chi connectivity index (χ0n) is 12.3. The van der Waals surface area contributed by atoms with Gasteiger partial charge in [-0.1, -0.05) is 13.8 Å². The Labute approximate surface area is 126 Å². The minimum Gasteiger partial charge on any atom is -0.383 e. The molecule has 2 aromatic rings. The Morgan fingerprint density at radius 1 is 1.43 bits per heavy atom. The van der Waals surface area contributed by atoms with Crippen molar-refractivity contribution in [2.45, 2.75) is 26.9 Å². The molecular weight excluding hydrogens is 290 g/mol. The van der Waals surface area contributed by atoms with E-state index in [1.807, 2.05) is 19.2 Å². The molecule has 0 bridgehead atoms. The lowest BCUT2D eigenvalue weighted by molar-refractivity contribution is 0.494. The molecule has 0 amide bonds. The molecule has 0 fully saturated rings. The van der Waals surface area contributed by atoms with Crippen LogP contribution in [0.25, 0.3) is 0 Å². The molecule has 0 radical (unpaired) electrons. The van der Waals surface area contributed by atoms with E-state index in [2.05, 4.69) is 10.3 Å². The smallest absolute Gasteiger partial charge is 0.332 e. The zero-order valence-corrected chi connectivity index (χ0v) is 13.1. The van der Waals surface area contributed by atoms with Crippen molar-refractivity contribution >= 4 is 22.8 Å². The second-order valence-corrected chi connectivity index (χ2v) is 6.17. The summed E-state index contributed by atoms with van der Waals surface area (Å²) in [6.07, 6.45) is 1.70. The molecule has 114 valence electrons. The molecule has 2 aromatic heterocycles. The van der Waals surface area contributed by atoms with E-state index in [0.29, 0.717) is 13.1 Å². The molecule has 0 aliphatic carbocycles. The van der Waals surface area contributed by atoms with Gasteiger partial charge in [0.15, 0.2) is 0 Å². The zero-order chi connectivity index (χ0) is 15.6. The van der Waals surface area contributed by atoms with E-state index in [4.69, 9.17) is 5.73 Å². The van der Waals surface area contributed by atoms with Crippen molar-refractivity contribution in [1.29, 1.82) is 0 Å². The molecule has 7 nitrogen and oxygen atoms in total. The first-order valence-corrected chi connectivity index (χ1v) is 7.51. The molecule has 0 saturated carbocycles. The van der Waals surface area contributed by atoms with Gasteiger partial charge in [0.2, 0.25) is 0 Å². The highest BCUT2D eigenvalue weighted by atomic mass is 32.1. The predicted octanol–water partition coefficient (Wildman–Crippen LogP) is 0.854. The van der Waals surface area contributed by atoms with Gasteiger partial charge in [-0.25, -0.2) is 9.78 Å². The maximum absolute atomic E-state index is 12.2. The van der Waals surface area contributed by atoms with E-state index < -0.39 is 11.2 Å². The molecule has 21 heavy (non-hydrogen) atoms. The summed E-state index contributed by atoms with van der Waals surface area (Å²) in [5.41, 5.74) is 5.44. The molecule has 0 aromatic carbocycles. The number of hydrogen-bond acceptors (Lipinski definition) is 6. The van der Waals surface area contributed by atoms with Crippen LogP contribution in [0.5, 0.6) is 0 Å². The monoisotopic (exact) mass is 309 g/mol. The Morgan fingerprint density at radius 3 is 2.71 bits per heavy atom. The van der Waals surface area contributed by atoms with E-state index in [1.54, 1.807) is 6.20 Å². The molecule has 8 heteroatoms. The number of nitrogen functional groups attached to an aromatic ring is 1. The fourth-order valence-electron chi connectivity index (χ4n) is 2.00. The summed E-state index contributed by atoms with van der Waals surface area (Å²) in [4.78, 5) is 28.5. The number of aromatic nitrogens is 3. The third kappa shape index (κ3) is 3.15. The van der Waals surface area contributed by atoms with E-state index in [9.17, 15) is 9.59 Å². The lowest BCUT2D eigenvalue weighted by Crippen LogP contribution is -2.41. The van der Waals surface area contributed by atoms with Gasteiger partial charge in [0, 0.05) is 25.2 Å². The summed E-state index contributed by atoms with van der Waals surface area (Å²) in [6.45, 7) is 4.83. The van der Waals surface area contributed by atoms with Gasteiger partial charge in [-0.15, -0.1) is 11.3 Å². The van der Waals surface area contributed by atoms with Crippen LogP contribution in [0, 0.1) is 5.92 Å². The lowest BCUT2D eigenvalue weighted by atomic mass is 10.2. The van der Waals surface area contributed by atoms with Gasteiger partial charge in [0.25, 0.3) is 5.56 Å². The number of rotatable bonds is 5. The summed E-state index contributed by atoms with van der Waals surface area (Å²) < 4.78 is 2.50. The molecule has 0 atom stereocenters. The molecule has 2 heterocycles. The number of nitrogens with one attached hydrogen (secondary N) is 1. The van der Waals surface area contributed by atoms with Gasteiger partial charge in [-0.05, 0) is 5.92 Å². The molecule has 2 rings (SSSR count). The maximum atomic E-state index is 12.2. The molecule has 0 aliphatic heterocycles. The quantitative estimate of drug-likeness (QED) is 0.854. The van der Waals surface area contributed by atoms with Crippen LogP contribution in [0.4, 0.5) is 11.5 Å². The Bertz CT molecular complexity index is 730. The van der Waals surface area contributed by atoms with E-state index >= 15 is 0 Å². The fraction of sp³-hybridized carbons (Fsp3) is 0.462. The predicted molar refractivity (Wildman–Crippen MR) is 84.6 cm³/mol. The SMILES string of the molecule is CC(C)Cn1c(N)c(NCc2nccs2)c(=O)n(C)c1=O. The van der Waals surface area contributed by atoms with E-state index in [0.717, 1.165) is 9.57 Å². The molecule has 0 unspecified atom stereocenters. The number of anilines is 2. The number of hydrogen-bond donors (Lipinski definition) is 2. The third-order valence-corrected chi connectivity index (χ3v) is 3.81. The molecule has 0 saturated heterocycles. The first kappa shape index (κ1) is 15.3. The Morgan fingerprint density at radius 2 is 2.14 bits per heavy atom. The van der Waals surface area contributed by atoms with Crippen molar-refractivity contribution in [3.63, 3.8) is 0 Å². The standard InChI is InChI=1S/C13H19N5O2S/c1-8(2)7-18-11(14)10(12(19)17(3)13(18)20)16-6-9-15-4-5-21-9/h4-5,8,16H,6-7,14H2,1-3H3. The van der Waals surface area contributed by atoms with Gasteiger partial charge in [-0.2, -0.15) is 0 Å². The van der Waals surface area contributed by atoms with Crippen LogP contribution in [0.2, 0.25) is 0 Å². The van der Waals surface area contributed by atoms with Crippen molar-refractivity contribution in [2.75, 3.05) is 11.1 Å². The minimum absolute atomic E-state index is 0.174. The Hall–Kier alpha value is -2.09. The van der Waals surface area contributed by atoms with Crippen molar-refractivity contribution in [3.05, 3.63) is 37.4 Å². The summed E-state index contributed by atoms with van der Waals surface area (Å²) in [7, 11) is 1.45. The van der Waals surface area contributed by atoms with Gasteiger partial charge in [0.05, 0.1) is 6.54 Å². The van der Waals surface area contributed by atoms with Crippen molar-refractivity contribution in [3.8, 4) is 0 Å². The second-order valence-electron chi connectivity index (χ2n) is 5.19. The minimum atomic E-state index is -0.422. The third-order valence-electron chi connectivity index (χ3n) is 3.03. The van der Waals surface area contributed by atoms with Crippen LogP contribution in [-0.2, 0) is 20.1 Å². The topological polar surface area (TPSA) is 94.9 Å². The van der Waals surface area contributed by atoms with Gasteiger partial charge in [-0.3, -0.25) is 13.9 Å². The van der Waals surface area contributed by atoms with Crippen LogP contribution in [-0.4, -0.2) is 14.1 Å². The van der Waals surface area contributed by atoms with Crippen LogP contribution in [0.3, 0.4) is 0 Å². The van der Waals surface area contributed by atoms with Crippen LogP contribution in [0.1, 0.15) is 18.9 Å². The van der Waals surface area contributed by atoms with Gasteiger partial charge < -0.3 is 11.1 Å². The van der Waals surface area contributed by atoms with Crippen LogP contribution in [0.15, 0.2) is 21.2 Å². The first-order chi connectivity index (χ1) is 9.91.